The van der Waals surface area contributed by atoms with Gasteiger partial charge >= 0.3 is 11.9 Å². The van der Waals surface area contributed by atoms with Crippen LogP contribution < -0.4 is 0 Å². The van der Waals surface area contributed by atoms with Gasteiger partial charge in [-0.25, -0.2) is 0 Å². The Morgan fingerprint density at radius 3 is 1.75 bits per heavy atom. The third kappa shape index (κ3) is 26.3. The Kier molecular flexibility index (Phi) is 28.7. The Bertz CT molecular complexity index is 1140. The molecule has 1 rings (SSSR count). The van der Waals surface area contributed by atoms with E-state index in [1.807, 2.05) is 24.3 Å². The minimum atomic E-state index is -4.60. The molecule has 0 aromatic heterocycles. The van der Waals surface area contributed by atoms with Gasteiger partial charge < -0.3 is 34.3 Å². The van der Waals surface area contributed by atoms with Crippen LogP contribution in [0.4, 0.5) is 0 Å². The van der Waals surface area contributed by atoms with Crippen molar-refractivity contribution in [3.05, 3.63) is 36.5 Å². The molecule has 53 heavy (non-hydrogen) atoms. The average molecular weight is 775 g/mol. The molecule has 0 radical (unpaired) electrons. The number of unbranched alkanes of at least 4 members (excludes halogenated alkanes) is 16. The van der Waals surface area contributed by atoms with Gasteiger partial charge in [0.1, 0.15) is 36.8 Å². The molecule has 0 saturated carbocycles. The van der Waals surface area contributed by atoms with E-state index in [0.29, 0.717) is 12.8 Å². The third-order valence-corrected chi connectivity index (χ3v) is 9.80. The molecule has 4 N–H and O–H groups in total. The maximum atomic E-state index is 12.7. The van der Waals surface area contributed by atoms with Crippen molar-refractivity contribution in [2.24, 2.45) is 0 Å². The van der Waals surface area contributed by atoms with Crippen LogP contribution in [0.25, 0.3) is 0 Å². The summed E-state index contributed by atoms with van der Waals surface area (Å²) in [6.45, 7) is 3.58. The largest absolute Gasteiger partial charge is 0.462 e. The Morgan fingerprint density at radius 2 is 1.19 bits per heavy atom. The van der Waals surface area contributed by atoms with Gasteiger partial charge in [-0.3, -0.25) is 14.1 Å². The fraction of sp³-hybridized carbons (Fsp3) is 0.800. The third-order valence-electron chi connectivity index (χ3n) is 9.05. The van der Waals surface area contributed by atoms with Gasteiger partial charge in [-0.05, 0) is 32.1 Å². The molecule has 0 spiro atoms. The average Bonchev–Trinajstić information content (AvgIpc) is 3.12. The molecule has 0 bridgehead atoms. The number of hydrogen-bond acceptors (Lipinski definition) is 11. The summed E-state index contributed by atoms with van der Waals surface area (Å²) < 4.78 is 53.8. The van der Waals surface area contributed by atoms with Gasteiger partial charge in [0.15, 0.2) is 12.4 Å². The monoisotopic (exact) mass is 774 g/mol. The predicted octanol–water partition coefficient (Wildman–Crippen LogP) is 7.05. The standard InChI is InChI=1S/C40H70O12S/c1-3-5-7-9-11-13-15-17-19-21-23-25-27-29-36(42)51-33(31-50-40-39(45)38(44)37(43)34(52-40)32-53(46,47)48)30-49-35(41)28-26-24-22-20-18-16-14-12-10-8-6-4-2/h5,7,9,11,13,15,33-34,37-40,43-45H,3-4,6,8,10,12,14,16-32H2,1-2H3,(H,46,47,48)/b7-5+,11-9+,15-13+/t33?,34-,37-,38?,39?,40+/m1/s1. The highest BCUT2D eigenvalue weighted by Gasteiger charge is 2.46. The molecule has 1 fully saturated rings. The number of rotatable bonds is 32. The zero-order valence-electron chi connectivity index (χ0n) is 32.4. The summed E-state index contributed by atoms with van der Waals surface area (Å²) in [5, 5.41) is 30.8. The second kappa shape index (κ2) is 31.1. The molecule has 1 saturated heterocycles. The molecule has 308 valence electrons. The minimum absolute atomic E-state index is 0.142. The van der Waals surface area contributed by atoms with Gasteiger partial charge in [-0.2, -0.15) is 8.42 Å². The summed E-state index contributed by atoms with van der Waals surface area (Å²) in [6, 6.07) is 0. The number of allylic oxidation sites excluding steroid dienone is 6. The molecule has 3 unspecified atom stereocenters. The Morgan fingerprint density at radius 1 is 0.660 bits per heavy atom. The van der Waals surface area contributed by atoms with Crippen LogP contribution in [0.15, 0.2) is 36.5 Å². The van der Waals surface area contributed by atoms with Crippen LogP contribution in [-0.4, -0.2) is 96.0 Å². The summed E-state index contributed by atoms with van der Waals surface area (Å²) in [7, 11) is -4.60. The first kappa shape index (κ1) is 48.9. The number of hydrogen-bond donors (Lipinski definition) is 4. The first-order chi connectivity index (χ1) is 25.5. The summed E-state index contributed by atoms with van der Waals surface area (Å²) in [5.74, 6) is -2.01. The lowest BCUT2D eigenvalue weighted by molar-refractivity contribution is -0.297. The Hall–Kier alpha value is -2.13. The van der Waals surface area contributed by atoms with Crippen LogP contribution in [-0.2, 0) is 38.7 Å². The van der Waals surface area contributed by atoms with Gasteiger partial charge in [0.05, 0.1) is 6.61 Å². The second-order valence-corrected chi connectivity index (χ2v) is 15.5. The van der Waals surface area contributed by atoms with Crippen molar-refractivity contribution in [3.8, 4) is 0 Å². The number of esters is 2. The van der Waals surface area contributed by atoms with E-state index in [0.717, 1.165) is 57.8 Å². The summed E-state index contributed by atoms with van der Waals surface area (Å²) in [4.78, 5) is 25.2. The highest BCUT2D eigenvalue weighted by atomic mass is 32.2. The van der Waals surface area contributed by atoms with E-state index in [1.165, 1.54) is 51.4 Å². The van der Waals surface area contributed by atoms with Crippen LogP contribution in [0.3, 0.4) is 0 Å². The SMILES string of the molecule is CC/C=C/C=C/C=C/CCCCCCCC(=O)OC(COC(=O)CCCCCCCCCCCCCC)CO[C@H]1O[C@H](CS(=O)(=O)O)[C@@H](O)C(O)C1O. The van der Waals surface area contributed by atoms with E-state index in [4.69, 9.17) is 18.9 Å². The molecule has 6 atom stereocenters. The summed E-state index contributed by atoms with van der Waals surface area (Å²) in [5.41, 5.74) is 0. The van der Waals surface area contributed by atoms with E-state index in [9.17, 15) is 37.9 Å². The van der Waals surface area contributed by atoms with Crippen molar-refractivity contribution in [2.75, 3.05) is 19.0 Å². The molecule has 0 aliphatic carbocycles. The van der Waals surface area contributed by atoms with Gasteiger partial charge in [-0.1, -0.05) is 140 Å². The van der Waals surface area contributed by atoms with Crippen LogP contribution in [0, 0.1) is 0 Å². The second-order valence-electron chi connectivity index (χ2n) is 14.0. The number of carbonyl (C=O) groups is 2. The number of aliphatic hydroxyl groups is 3. The molecule has 0 aromatic rings. The lowest BCUT2D eigenvalue weighted by atomic mass is 10.00. The fourth-order valence-electron chi connectivity index (χ4n) is 5.91. The van der Waals surface area contributed by atoms with E-state index in [-0.39, 0.29) is 19.4 Å². The van der Waals surface area contributed by atoms with Crippen molar-refractivity contribution in [2.45, 2.75) is 185 Å². The van der Waals surface area contributed by atoms with Crippen molar-refractivity contribution < 1.29 is 56.8 Å². The van der Waals surface area contributed by atoms with Crippen molar-refractivity contribution >= 4 is 22.1 Å². The number of ether oxygens (including phenoxy) is 4. The zero-order valence-corrected chi connectivity index (χ0v) is 33.2. The lowest BCUT2D eigenvalue weighted by Crippen LogP contribution is -2.60. The van der Waals surface area contributed by atoms with Crippen molar-refractivity contribution in [1.82, 2.24) is 0 Å². The van der Waals surface area contributed by atoms with Gasteiger partial charge in [0.2, 0.25) is 0 Å². The van der Waals surface area contributed by atoms with E-state index >= 15 is 0 Å². The van der Waals surface area contributed by atoms with Crippen LogP contribution in [0.5, 0.6) is 0 Å². The summed E-state index contributed by atoms with van der Waals surface area (Å²) in [6.07, 6.45) is 23.5. The zero-order chi connectivity index (χ0) is 39.2. The molecular weight excluding hydrogens is 704 g/mol. The molecule has 0 aromatic carbocycles. The first-order valence-electron chi connectivity index (χ1n) is 20.1. The van der Waals surface area contributed by atoms with Gasteiger partial charge in [-0.15, -0.1) is 0 Å². The number of carbonyl (C=O) groups excluding carboxylic acids is 2. The van der Waals surface area contributed by atoms with Crippen LogP contribution in [0.2, 0.25) is 0 Å². The molecule has 1 heterocycles. The van der Waals surface area contributed by atoms with E-state index in [1.54, 1.807) is 0 Å². The lowest BCUT2D eigenvalue weighted by Gasteiger charge is -2.40. The van der Waals surface area contributed by atoms with Gasteiger partial charge in [0.25, 0.3) is 10.1 Å². The van der Waals surface area contributed by atoms with Crippen LogP contribution in [0.1, 0.15) is 149 Å². The number of aliphatic hydroxyl groups excluding tert-OH is 3. The Balaban J connectivity index is 2.53. The predicted molar refractivity (Wildman–Crippen MR) is 206 cm³/mol. The van der Waals surface area contributed by atoms with E-state index in [2.05, 4.69) is 26.0 Å². The highest BCUT2D eigenvalue weighted by molar-refractivity contribution is 7.85. The smallest absolute Gasteiger partial charge is 0.306 e. The first-order valence-corrected chi connectivity index (χ1v) is 21.7. The molecule has 1 aliphatic rings. The maximum absolute atomic E-state index is 12.7. The Labute approximate surface area is 319 Å². The topological polar surface area (TPSA) is 186 Å². The minimum Gasteiger partial charge on any atom is -0.462 e. The quantitative estimate of drug-likeness (QED) is 0.0237. The van der Waals surface area contributed by atoms with Crippen LogP contribution >= 0.6 is 0 Å². The maximum Gasteiger partial charge on any atom is 0.306 e. The highest BCUT2D eigenvalue weighted by Crippen LogP contribution is 2.24. The molecular formula is C40H70O12S. The molecule has 0 amide bonds. The summed E-state index contributed by atoms with van der Waals surface area (Å²) >= 11 is 0. The van der Waals surface area contributed by atoms with Crippen molar-refractivity contribution in [3.63, 3.8) is 0 Å². The normalized spacial score (nSPS) is 21.5. The van der Waals surface area contributed by atoms with E-state index < -0.39 is 71.2 Å². The molecule has 12 nitrogen and oxygen atoms in total. The van der Waals surface area contributed by atoms with Crippen molar-refractivity contribution in [1.29, 1.82) is 0 Å². The molecule has 13 heteroatoms. The van der Waals surface area contributed by atoms with Gasteiger partial charge in [0, 0.05) is 12.8 Å². The molecule has 1 aliphatic heterocycles. The fourth-order valence-corrected chi connectivity index (χ4v) is 6.60.